The molecule has 0 saturated heterocycles. The molecule has 5 nitrogen and oxygen atoms in total. The Bertz CT molecular complexity index is 1100. The van der Waals surface area contributed by atoms with E-state index in [2.05, 4.69) is 10.4 Å². The largest absolute Gasteiger partial charge is 0.459 e. The smallest absolute Gasteiger partial charge is 0.399 e. The van der Waals surface area contributed by atoms with E-state index in [9.17, 15) is 26.7 Å². The fourth-order valence-corrected chi connectivity index (χ4v) is 2.89. The van der Waals surface area contributed by atoms with E-state index < -0.39 is 29.3 Å². The average molecular weight is 438 g/mol. The highest BCUT2D eigenvalue weighted by molar-refractivity contribution is 6.05. The third-order valence-electron chi connectivity index (χ3n) is 4.65. The van der Waals surface area contributed by atoms with Crippen LogP contribution in [0.1, 0.15) is 32.7 Å². The number of amides is 1. The lowest BCUT2D eigenvalue weighted by Gasteiger charge is -2.18. The van der Waals surface area contributed by atoms with E-state index in [1.54, 1.807) is 44.2 Å². The van der Waals surface area contributed by atoms with Crippen molar-refractivity contribution in [1.29, 1.82) is 0 Å². The summed E-state index contributed by atoms with van der Waals surface area (Å²) in [5, 5.41) is 5.76. The molecule has 0 aliphatic carbocycles. The minimum Gasteiger partial charge on any atom is -0.399 e. The van der Waals surface area contributed by atoms with Gasteiger partial charge in [0.15, 0.2) is 5.69 Å². The van der Waals surface area contributed by atoms with Crippen molar-refractivity contribution in [2.45, 2.75) is 32.5 Å². The van der Waals surface area contributed by atoms with Crippen LogP contribution in [0.2, 0.25) is 0 Å². The molecule has 0 fully saturated rings. The van der Waals surface area contributed by atoms with Gasteiger partial charge >= 0.3 is 12.1 Å². The molecule has 0 saturated carbocycles. The predicted molar refractivity (Wildman–Crippen MR) is 106 cm³/mol. The van der Waals surface area contributed by atoms with Crippen molar-refractivity contribution >= 4 is 17.3 Å². The Labute approximate surface area is 174 Å². The van der Waals surface area contributed by atoms with Crippen molar-refractivity contribution < 1.29 is 26.7 Å². The number of alkyl halides is 5. The number of benzene rings is 2. The number of nitrogens with two attached hydrogens (primary N) is 1. The van der Waals surface area contributed by atoms with Crippen LogP contribution >= 0.6 is 0 Å². The third kappa shape index (κ3) is 4.68. The van der Waals surface area contributed by atoms with Crippen LogP contribution < -0.4 is 11.1 Å². The topological polar surface area (TPSA) is 72.9 Å². The monoisotopic (exact) mass is 438 g/mol. The van der Waals surface area contributed by atoms with Gasteiger partial charge < -0.3 is 11.1 Å². The number of carbonyl (C=O) groups excluding carboxylic acids is 1. The van der Waals surface area contributed by atoms with Gasteiger partial charge in [-0.2, -0.15) is 27.1 Å². The maximum Gasteiger partial charge on any atom is 0.459 e. The maximum atomic E-state index is 14.1. The second kappa shape index (κ2) is 8.01. The Morgan fingerprint density at radius 1 is 1.06 bits per heavy atom. The Morgan fingerprint density at radius 2 is 1.71 bits per heavy atom. The number of rotatable bonds is 5. The van der Waals surface area contributed by atoms with E-state index in [0.717, 1.165) is 16.4 Å². The zero-order valence-electron chi connectivity index (χ0n) is 16.6. The molecule has 1 heterocycles. The highest BCUT2D eigenvalue weighted by Crippen LogP contribution is 2.44. The molecule has 164 valence electrons. The number of carbonyl (C=O) groups is 1. The summed E-state index contributed by atoms with van der Waals surface area (Å²) in [4.78, 5) is 12.6. The van der Waals surface area contributed by atoms with Crippen LogP contribution in [0.3, 0.4) is 0 Å². The minimum atomic E-state index is -5.91. The molecule has 0 spiro atoms. The number of aromatic nitrogens is 2. The maximum absolute atomic E-state index is 14.1. The van der Waals surface area contributed by atoms with Crippen molar-refractivity contribution in [3.05, 3.63) is 76.6 Å². The summed E-state index contributed by atoms with van der Waals surface area (Å²) in [5.41, 5.74) is 6.14. The second-order valence-corrected chi connectivity index (χ2v) is 7.17. The molecule has 0 aliphatic heterocycles. The fraction of sp³-hybridized carbons (Fsp3) is 0.238. The molecule has 0 atom stereocenters. The number of nitrogens with one attached hydrogen (secondary N) is 1. The van der Waals surface area contributed by atoms with Gasteiger partial charge in [-0.1, -0.05) is 29.8 Å². The number of aryl methyl sites for hydroxylation is 2. The summed E-state index contributed by atoms with van der Waals surface area (Å²) in [6.45, 7) is 3.40. The lowest BCUT2D eigenvalue weighted by atomic mass is 10.1. The average Bonchev–Trinajstić information content (AvgIpc) is 3.10. The van der Waals surface area contributed by atoms with Crippen LogP contribution in [0.25, 0.3) is 0 Å². The molecule has 0 radical (unpaired) electrons. The van der Waals surface area contributed by atoms with Crippen LogP contribution in [0, 0.1) is 13.8 Å². The molecule has 3 rings (SSSR count). The SMILES string of the molecule is Cc1ccc(NC(=O)c2cn(Cc3ccc(N)c(C)c3)nc2C(F)(F)C(F)(F)F)cc1. The number of nitrogen functional groups attached to an aromatic ring is 1. The standard InChI is InChI=1S/C21H19F5N4O/c1-12-3-6-15(7-4-12)28-19(31)16-11-30(10-14-5-8-17(27)13(2)9-14)29-18(16)20(22,23)21(24,25)26/h3-9,11H,10,27H2,1-2H3,(H,28,31). The van der Waals surface area contributed by atoms with E-state index >= 15 is 0 Å². The van der Waals surface area contributed by atoms with Gasteiger partial charge in [0.25, 0.3) is 5.91 Å². The molecule has 0 aliphatic rings. The normalized spacial score (nSPS) is 12.1. The van der Waals surface area contributed by atoms with Gasteiger partial charge in [-0.05, 0) is 43.2 Å². The number of hydrogen-bond donors (Lipinski definition) is 2. The van der Waals surface area contributed by atoms with E-state index in [1.165, 1.54) is 12.1 Å². The molecule has 0 unspecified atom stereocenters. The van der Waals surface area contributed by atoms with E-state index in [4.69, 9.17) is 5.73 Å². The summed E-state index contributed by atoms with van der Waals surface area (Å²) < 4.78 is 68.2. The first-order valence-electron chi connectivity index (χ1n) is 9.14. The van der Waals surface area contributed by atoms with Crippen molar-refractivity contribution in [1.82, 2.24) is 9.78 Å². The van der Waals surface area contributed by atoms with Crippen LogP contribution in [0.15, 0.2) is 48.7 Å². The highest BCUT2D eigenvalue weighted by atomic mass is 19.4. The second-order valence-electron chi connectivity index (χ2n) is 7.17. The molecule has 2 aromatic carbocycles. The lowest BCUT2D eigenvalue weighted by Crippen LogP contribution is -2.36. The van der Waals surface area contributed by atoms with Gasteiger partial charge in [0, 0.05) is 17.6 Å². The number of anilines is 2. The van der Waals surface area contributed by atoms with E-state index in [-0.39, 0.29) is 12.2 Å². The first-order chi connectivity index (χ1) is 14.4. The molecule has 1 aromatic heterocycles. The van der Waals surface area contributed by atoms with Crippen LogP contribution in [-0.4, -0.2) is 21.9 Å². The van der Waals surface area contributed by atoms with Gasteiger partial charge in [-0.15, -0.1) is 0 Å². The van der Waals surface area contributed by atoms with Crippen molar-refractivity contribution in [2.75, 3.05) is 11.1 Å². The molecular weight excluding hydrogens is 419 g/mol. The Kier molecular flexibility index (Phi) is 5.75. The molecular formula is C21H19F5N4O. The fourth-order valence-electron chi connectivity index (χ4n) is 2.89. The summed E-state index contributed by atoms with van der Waals surface area (Å²) >= 11 is 0. The van der Waals surface area contributed by atoms with Crippen molar-refractivity contribution in [3.8, 4) is 0 Å². The molecule has 31 heavy (non-hydrogen) atoms. The minimum absolute atomic E-state index is 0.125. The molecule has 1 amide bonds. The quantitative estimate of drug-likeness (QED) is 0.433. The van der Waals surface area contributed by atoms with Gasteiger partial charge in [0.2, 0.25) is 0 Å². The number of hydrogen-bond acceptors (Lipinski definition) is 3. The van der Waals surface area contributed by atoms with Crippen LogP contribution in [0.4, 0.5) is 33.3 Å². The summed E-state index contributed by atoms with van der Waals surface area (Å²) in [6, 6.07) is 11.2. The Hall–Kier alpha value is -3.43. The van der Waals surface area contributed by atoms with Gasteiger partial charge in [0.1, 0.15) is 0 Å². The van der Waals surface area contributed by atoms with E-state index in [1.807, 2.05) is 0 Å². The van der Waals surface area contributed by atoms with Gasteiger partial charge in [-0.3, -0.25) is 9.48 Å². The van der Waals surface area contributed by atoms with Crippen molar-refractivity contribution in [2.24, 2.45) is 0 Å². The predicted octanol–water partition coefficient (Wildman–Crippen LogP) is 5.04. The zero-order valence-corrected chi connectivity index (χ0v) is 16.6. The molecule has 0 bridgehead atoms. The Morgan fingerprint density at radius 3 is 2.29 bits per heavy atom. The number of halogens is 5. The van der Waals surface area contributed by atoms with Gasteiger partial charge in [0.05, 0.1) is 12.1 Å². The molecule has 3 N–H and O–H groups in total. The molecule has 10 heteroatoms. The number of nitrogens with zero attached hydrogens (tertiary/aromatic N) is 2. The summed E-state index contributed by atoms with van der Waals surface area (Å²) in [5.74, 6) is -6.43. The van der Waals surface area contributed by atoms with Gasteiger partial charge in [-0.25, -0.2) is 0 Å². The van der Waals surface area contributed by atoms with Crippen molar-refractivity contribution in [3.63, 3.8) is 0 Å². The summed E-state index contributed by atoms with van der Waals surface area (Å²) in [7, 11) is 0. The van der Waals surface area contributed by atoms with E-state index in [0.29, 0.717) is 16.8 Å². The Balaban J connectivity index is 1.99. The van der Waals surface area contributed by atoms with Crippen LogP contribution in [-0.2, 0) is 12.5 Å². The first-order valence-corrected chi connectivity index (χ1v) is 9.14. The highest BCUT2D eigenvalue weighted by Gasteiger charge is 2.62. The third-order valence-corrected chi connectivity index (χ3v) is 4.65. The van der Waals surface area contributed by atoms with Crippen LogP contribution in [0.5, 0.6) is 0 Å². The lowest BCUT2D eigenvalue weighted by molar-refractivity contribution is -0.291. The zero-order chi connectivity index (χ0) is 23.0. The molecule has 3 aromatic rings. The summed E-state index contributed by atoms with van der Waals surface area (Å²) in [6.07, 6.45) is -5.03. The first kappa shape index (κ1) is 22.3.